The van der Waals surface area contributed by atoms with Gasteiger partial charge in [0.2, 0.25) is 5.91 Å². The first-order chi connectivity index (χ1) is 8.45. The molecule has 0 saturated heterocycles. The van der Waals surface area contributed by atoms with Crippen molar-refractivity contribution in [3.63, 3.8) is 0 Å². The molecule has 1 amide bonds. The van der Waals surface area contributed by atoms with E-state index < -0.39 is 11.6 Å². The van der Waals surface area contributed by atoms with Gasteiger partial charge in [-0.05, 0) is 25.1 Å². The van der Waals surface area contributed by atoms with Crippen LogP contribution in [0.15, 0.2) is 23.1 Å². The average molecular weight is 275 g/mol. The summed E-state index contributed by atoms with van der Waals surface area (Å²) < 4.78 is 25.6. The summed E-state index contributed by atoms with van der Waals surface area (Å²) in [5.74, 6) is -1.89. The lowest BCUT2D eigenvalue weighted by atomic mass is 10.3. The normalized spacial score (nSPS) is 12.3. The molecule has 0 saturated carbocycles. The van der Waals surface area contributed by atoms with Crippen molar-refractivity contribution in [3.8, 4) is 0 Å². The molecule has 1 unspecified atom stereocenters. The first-order valence-electron chi connectivity index (χ1n) is 5.40. The lowest BCUT2D eigenvalue weighted by Gasteiger charge is -2.22. The van der Waals surface area contributed by atoms with Crippen molar-refractivity contribution in [2.24, 2.45) is 0 Å². The Balaban J connectivity index is 2.54. The van der Waals surface area contributed by atoms with Crippen LogP contribution in [0.3, 0.4) is 0 Å². The first-order valence-corrected chi connectivity index (χ1v) is 6.38. The Morgan fingerprint density at radius 3 is 2.67 bits per heavy atom. The topological polar surface area (TPSA) is 40.5 Å². The van der Waals surface area contributed by atoms with Gasteiger partial charge in [-0.2, -0.15) is 0 Å². The van der Waals surface area contributed by atoms with E-state index in [4.69, 9.17) is 5.11 Å². The van der Waals surface area contributed by atoms with E-state index in [0.29, 0.717) is 4.90 Å². The van der Waals surface area contributed by atoms with Crippen molar-refractivity contribution < 1.29 is 18.7 Å². The average Bonchev–Trinajstić information content (AvgIpc) is 2.37. The Morgan fingerprint density at radius 2 is 2.11 bits per heavy atom. The first kappa shape index (κ1) is 14.9. The smallest absolute Gasteiger partial charge is 0.232 e. The van der Waals surface area contributed by atoms with Crippen LogP contribution in [-0.4, -0.2) is 41.4 Å². The van der Waals surface area contributed by atoms with E-state index in [2.05, 4.69) is 0 Å². The number of thioether (sulfide) groups is 1. The number of aliphatic hydroxyl groups is 1. The molecule has 1 N–H and O–H groups in total. The van der Waals surface area contributed by atoms with Crippen LogP contribution in [0.1, 0.15) is 6.92 Å². The fraction of sp³-hybridized carbons (Fsp3) is 0.417. The van der Waals surface area contributed by atoms with Gasteiger partial charge in [0, 0.05) is 11.9 Å². The summed E-state index contributed by atoms with van der Waals surface area (Å²) in [7, 11) is 1.59. The molecule has 3 nitrogen and oxygen atoms in total. The van der Waals surface area contributed by atoms with E-state index in [1.807, 2.05) is 0 Å². The van der Waals surface area contributed by atoms with Crippen molar-refractivity contribution in [2.75, 3.05) is 19.4 Å². The van der Waals surface area contributed by atoms with E-state index in [9.17, 15) is 13.6 Å². The summed E-state index contributed by atoms with van der Waals surface area (Å²) >= 11 is 1.13. The van der Waals surface area contributed by atoms with Crippen LogP contribution in [0.25, 0.3) is 0 Å². The van der Waals surface area contributed by atoms with Gasteiger partial charge in [0.05, 0.1) is 18.4 Å². The summed E-state index contributed by atoms with van der Waals surface area (Å²) in [6.07, 6.45) is 0. The number of hydrogen-bond acceptors (Lipinski definition) is 3. The van der Waals surface area contributed by atoms with Gasteiger partial charge in [0.1, 0.15) is 0 Å². The highest BCUT2D eigenvalue weighted by Crippen LogP contribution is 2.20. The summed E-state index contributed by atoms with van der Waals surface area (Å²) in [5, 5.41) is 8.91. The molecule has 1 aromatic carbocycles. The Bertz CT molecular complexity index is 429. The number of carbonyl (C=O) groups is 1. The fourth-order valence-corrected chi connectivity index (χ4v) is 2.03. The molecular formula is C12H15F2NO2S. The number of aliphatic hydroxyl groups excluding tert-OH is 1. The predicted octanol–water partition coefficient (Wildman–Crippen LogP) is 1.90. The standard InChI is InChI=1S/C12H15F2NO2S/c1-8(6-16)15(2)12(17)7-18-9-3-4-10(13)11(14)5-9/h3-5,8,16H,6-7H2,1-2H3. The molecule has 1 atom stereocenters. The van der Waals surface area contributed by atoms with Gasteiger partial charge in [-0.1, -0.05) is 0 Å². The molecule has 1 rings (SSSR count). The SMILES string of the molecule is CC(CO)N(C)C(=O)CSc1ccc(F)c(F)c1. The summed E-state index contributed by atoms with van der Waals surface area (Å²) in [4.78, 5) is 13.6. The Morgan fingerprint density at radius 1 is 1.44 bits per heavy atom. The number of nitrogens with zero attached hydrogens (tertiary/aromatic N) is 1. The highest BCUT2D eigenvalue weighted by Gasteiger charge is 2.15. The van der Waals surface area contributed by atoms with Crippen LogP contribution < -0.4 is 0 Å². The van der Waals surface area contributed by atoms with Crippen molar-refractivity contribution in [1.29, 1.82) is 0 Å². The van der Waals surface area contributed by atoms with Crippen LogP contribution >= 0.6 is 11.8 Å². The molecule has 0 aliphatic heterocycles. The van der Waals surface area contributed by atoms with E-state index in [0.717, 1.165) is 23.9 Å². The minimum absolute atomic E-state index is 0.113. The Hall–Kier alpha value is -1.14. The molecule has 6 heteroatoms. The van der Waals surface area contributed by atoms with E-state index in [1.165, 1.54) is 11.0 Å². The molecule has 18 heavy (non-hydrogen) atoms. The number of likely N-dealkylation sites (N-methyl/N-ethyl adjacent to an activating group) is 1. The van der Waals surface area contributed by atoms with Crippen LogP contribution in [0.2, 0.25) is 0 Å². The number of carbonyl (C=O) groups excluding carboxylic acids is 1. The lowest BCUT2D eigenvalue weighted by Crippen LogP contribution is -2.38. The maximum atomic E-state index is 12.9. The van der Waals surface area contributed by atoms with Gasteiger partial charge >= 0.3 is 0 Å². The molecule has 0 fully saturated rings. The number of benzene rings is 1. The van der Waals surface area contributed by atoms with Gasteiger partial charge < -0.3 is 10.0 Å². The highest BCUT2D eigenvalue weighted by molar-refractivity contribution is 8.00. The minimum atomic E-state index is -0.926. The van der Waals surface area contributed by atoms with Crippen LogP contribution in [0, 0.1) is 11.6 Å². The van der Waals surface area contributed by atoms with Crippen LogP contribution in [0.5, 0.6) is 0 Å². The molecule has 0 bridgehead atoms. The van der Waals surface area contributed by atoms with Crippen LogP contribution in [-0.2, 0) is 4.79 Å². The molecular weight excluding hydrogens is 260 g/mol. The largest absolute Gasteiger partial charge is 0.394 e. The number of hydrogen-bond donors (Lipinski definition) is 1. The zero-order valence-electron chi connectivity index (χ0n) is 10.2. The molecule has 1 aromatic rings. The molecule has 0 heterocycles. The molecule has 0 aliphatic rings. The van der Waals surface area contributed by atoms with Gasteiger partial charge in [-0.25, -0.2) is 8.78 Å². The third kappa shape index (κ3) is 3.96. The second kappa shape index (κ2) is 6.70. The summed E-state index contributed by atoms with van der Waals surface area (Å²) in [6.45, 7) is 1.61. The summed E-state index contributed by atoms with van der Waals surface area (Å²) in [5.41, 5.74) is 0. The number of halogens is 2. The third-order valence-electron chi connectivity index (χ3n) is 2.57. The predicted molar refractivity (Wildman–Crippen MR) is 66.4 cm³/mol. The van der Waals surface area contributed by atoms with Crippen molar-refractivity contribution >= 4 is 17.7 Å². The molecule has 0 radical (unpaired) electrons. The third-order valence-corrected chi connectivity index (χ3v) is 3.55. The number of rotatable bonds is 5. The minimum Gasteiger partial charge on any atom is -0.394 e. The zero-order chi connectivity index (χ0) is 13.7. The van der Waals surface area contributed by atoms with Crippen molar-refractivity contribution in [3.05, 3.63) is 29.8 Å². The van der Waals surface area contributed by atoms with E-state index >= 15 is 0 Å². The Labute approximate surface area is 109 Å². The molecule has 100 valence electrons. The zero-order valence-corrected chi connectivity index (χ0v) is 11.0. The van der Waals surface area contributed by atoms with E-state index in [-0.39, 0.29) is 24.3 Å². The Kier molecular flexibility index (Phi) is 5.55. The maximum absolute atomic E-state index is 12.9. The quantitative estimate of drug-likeness (QED) is 0.834. The monoisotopic (exact) mass is 275 g/mol. The summed E-state index contributed by atoms with van der Waals surface area (Å²) in [6, 6.07) is 3.25. The second-order valence-corrected chi connectivity index (χ2v) is 4.95. The maximum Gasteiger partial charge on any atom is 0.232 e. The number of amides is 1. The molecule has 0 spiro atoms. The van der Waals surface area contributed by atoms with Gasteiger partial charge in [0.25, 0.3) is 0 Å². The van der Waals surface area contributed by atoms with Crippen LogP contribution in [0.4, 0.5) is 8.78 Å². The fourth-order valence-electron chi connectivity index (χ4n) is 1.18. The molecule has 0 aromatic heterocycles. The van der Waals surface area contributed by atoms with E-state index in [1.54, 1.807) is 14.0 Å². The molecule has 0 aliphatic carbocycles. The second-order valence-electron chi connectivity index (χ2n) is 3.90. The van der Waals surface area contributed by atoms with Crippen molar-refractivity contribution in [1.82, 2.24) is 4.90 Å². The van der Waals surface area contributed by atoms with Gasteiger partial charge in [-0.15, -0.1) is 11.8 Å². The van der Waals surface area contributed by atoms with Gasteiger partial charge in [-0.3, -0.25) is 4.79 Å². The lowest BCUT2D eigenvalue weighted by molar-refractivity contribution is -0.129. The highest BCUT2D eigenvalue weighted by atomic mass is 32.2. The van der Waals surface area contributed by atoms with Crippen molar-refractivity contribution in [2.45, 2.75) is 17.9 Å². The van der Waals surface area contributed by atoms with Gasteiger partial charge in [0.15, 0.2) is 11.6 Å².